The summed E-state index contributed by atoms with van der Waals surface area (Å²) >= 11 is 0. The lowest BCUT2D eigenvalue weighted by Gasteiger charge is -2.09. The van der Waals surface area contributed by atoms with Crippen molar-refractivity contribution in [1.29, 1.82) is 5.41 Å². The van der Waals surface area contributed by atoms with E-state index in [1.165, 1.54) is 5.57 Å². The first-order chi connectivity index (χ1) is 5.65. The van der Waals surface area contributed by atoms with E-state index in [0.717, 1.165) is 11.3 Å². The summed E-state index contributed by atoms with van der Waals surface area (Å²) < 4.78 is 0. The van der Waals surface area contributed by atoms with Gasteiger partial charge in [0.05, 0.1) is 12.8 Å². The van der Waals surface area contributed by atoms with Crippen molar-refractivity contribution >= 4 is 11.4 Å². The summed E-state index contributed by atoms with van der Waals surface area (Å²) in [7, 11) is 1.86. The highest BCUT2D eigenvalue weighted by Crippen LogP contribution is 2.13. The van der Waals surface area contributed by atoms with Crippen LogP contribution in [0.15, 0.2) is 28.4 Å². The highest BCUT2D eigenvalue weighted by Gasteiger charge is 2.10. The first kappa shape index (κ1) is 8.87. The lowest BCUT2D eigenvalue weighted by Crippen LogP contribution is -2.73. The largest absolute Gasteiger partial charge is 0.298 e. The van der Waals surface area contributed by atoms with Crippen molar-refractivity contribution in [3.63, 3.8) is 0 Å². The number of allylic oxidation sites excluding steroid dienone is 4. The van der Waals surface area contributed by atoms with Crippen LogP contribution in [0.1, 0.15) is 13.8 Å². The molecule has 0 fully saturated rings. The third-order valence-corrected chi connectivity index (χ3v) is 1.88. The zero-order valence-electron chi connectivity index (χ0n) is 7.68. The Morgan fingerprint density at radius 2 is 1.83 bits per heavy atom. The maximum atomic E-state index is 7.60. The van der Waals surface area contributed by atoms with E-state index in [9.17, 15) is 0 Å². The highest BCUT2D eigenvalue weighted by molar-refractivity contribution is 6.50. The Balaban J connectivity index is 3.00. The van der Waals surface area contributed by atoms with Crippen LogP contribution in [0.2, 0.25) is 0 Å². The fraction of sp³-hybridized carbons (Fsp3) is 0.333. The maximum Gasteiger partial charge on any atom is 0.143 e. The molecule has 0 bridgehead atoms. The van der Waals surface area contributed by atoms with Gasteiger partial charge in [-0.3, -0.25) is 5.41 Å². The summed E-state index contributed by atoms with van der Waals surface area (Å²) in [6, 6.07) is 0. The molecule has 0 spiro atoms. The van der Waals surface area contributed by atoms with Gasteiger partial charge in [0.2, 0.25) is 0 Å². The molecule has 0 unspecified atom stereocenters. The summed E-state index contributed by atoms with van der Waals surface area (Å²) in [6.07, 6.45) is 3.79. The zero-order valence-corrected chi connectivity index (χ0v) is 7.68. The minimum absolute atomic E-state index is 0.496. The molecule has 1 aliphatic carbocycles. The molecule has 3 nitrogen and oxygen atoms in total. The Hall–Kier alpha value is -1.22. The SMILES string of the molecule is C[NH2+]/N=C1/C=C(C)C(C)=CC1=N. The van der Waals surface area contributed by atoms with Crippen molar-refractivity contribution in [2.24, 2.45) is 5.10 Å². The number of quaternary nitrogens is 1. The molecule has 0 saturated carbocycles. The molecule has 12 heavy (non-hydrogen) atoms. The molecule has 0 heterocycles. The van der Waals surface area contributed by atoms with Gasteiger partial charge in [0.15, 0.2) is 0 Å². The molecule has 1 aliphatic rings. The number of nitrogens with zero attached hydrogens (tertiary/aromatic N) is 1. The van der Waals surface area contributed by atoms with Gasteiger partial charge in [-0.25, -0.2) is 5.43 Å². The van der Waals surface area contributed by atoms with Crippen LogP contribution in [0.5, 0.6) is 0 Å². The van der Waals surface area contributed by atoms with Gasteiger partial charge in [-0.05, 0) is 37.1 Å². The van der Waals surface area contributed by atoms with Crippen LogP contribution in [0, 0.1) is 5.41 Å². The molecule has 3 heteroatoms. The van der Waals surface area contributed by atoms with Crippen LogP contribution in [0.3, 0.4) is 0 Å². The minimum atomic E-state index is 0.496. The van der Waals surface area contributed by atoms with Crippen molar-refractivity contribution < 1.29 is 5.43 Å². The molecule has 0 saturated heterocycles. The standard InChI is InChI=1S/C9H13N3/c1-6-4-8(10)9(12-11-3)5-7(6)2/h4-5,10-11H,1-3H3/p+1/b10-8?,12-9-. The summed E-state index contributed by atoms with van der Waals surface area (Å²) in [5, 5.41) is 11.7. The van der Waals surface area contributed by atoms with Gasteiger partial charge in [0.25, 0.3) is 0 Å². The summed E-state index contributed by atoms with van der Waals surface area (Å²) in [4.78, 5) is 0. The second-order valence-corrected chi connectivity index (χ2v) is 2.84. The van der Waals surface area contributed by atoms with Crippen LogP contribution in [-0.4, -0.2) is 18.5 Å². The molecule has 0 aromatic rings. The number of nitrogens with one attached hydrogen (secondary N) is 1. The maximum absolute atomic E-state index is 7.60. The first-order valence-electron chi connectivity index (χ1n) is 3.96. The van der Waals surface area contributed by atoms with E-state index in [-0.39, 0.29) is 0 Å². The summed E-state index contributed by atoms with van der Waals surface area (Å²) in [5.74, 6) is 0. The Kier molecular flexibility index (Phi) is 2.55. The predicted octanol–water partition coefficient (Wildman–Crippen LogP) is 0.462. The average Bonchev–Trinajstić information content (AvgIpc) is 2.01. The monoisotopic (exact) mass is 164 g/mol. The van der Waals surface area contributed by atoms with E-state index in [1.807, 2.05) is 33.0 Å². The second kappa shape index (κ2) is 3.45. The predicted molar refractivity (Wildman–Crippen MR) is 50.5 cm³/mol. The second-order valence-electron chi connectivity index (χ2n) is 2.84. The topological polar surface area (TPSA) is 52.8 Å². The van der Waals surface area contributed by atoms with Crippen LogP contribution in [-0.2, 0) is 0 Å². The van der Waals surface area contributed by atoms with Crippen molar-refractivity contribution in [1.82, 2.24) is 0 Å². The molecule has 1 rings (SSSR count). The Labute approximate surface area is 72.4 Å². The third kappa shape index (κ3) is 1.68. The van der Waals surface area contributed by atoms with Gasteiger partial charge in [-0.15, -0.1) is 0 Å². The van der Waals surface area contributed by atoms with Crippen LogP contribution >= 0.6 is 0 Å². The molecule has 0 atom stereocenters. The lowest BCUT2D eigenvalue weighted by atomic mass is 9.98. The van der Waals surface area contributed by atoms with Gasteiger partial charge < -0.3 is 0 Å². The summed E-state index contributed by atoms with van der Waals surface area (Å²) in [6.45, 7) is 4.04. The highest BCUT2D eigenvalue weighted by atomic mass is 15.3. The fourth-order valence-electron chi connectivity index (χ4n) is 1.05. The number of hydrogen-bond donors (Lipinski definition) is 2. The Morgan fingerprint density at radius 1 is 1.25 bits per heavy atom. The quantitative estimate of drug-likeness (QED) is 0.321. The third-order valence-electron chi connectivity index (χ3n) is 1.88. The van der Waals surface area contributed by atoms with Crippen molar-refractivity contribution in [3.05, 3.63) is 23.3 Å². The molecule has 0 aromatic heterocycles. The normalized spacial score (nSPS) is 20.9. The van der Waals surface area contributed by atoms with Gasteiger partial charge in [0.1, 0.15) is 5.71 Å². The summed E-state index contributed by atoms with van der Waals surface area (Å²) in [5.41, 5.74) is 5.29. The van der Waals surface area contributed by atoms with Gasteiger partial charge in [0, 0.05) is 0 Å². The molecular formula is C9H14N3+. The Bertz CT molecular complexity index is 295. The van der Waals surface area contributed by atoms with E-state index in [4.69, 9.17) is 5.41 Å². The van der Waals surface area contributed by atoms with Crippen LogP contribution in [0.4, 0.5) is 0 Å². The average molecular weight is 164 g/mol. The van der Waals surface area contributed by atoms with Gasteiger partial charge in [-0.1, -0.05) is 5.10 Å². The molecule has 0 aliphatic heterocycles. The first-order valence-corrected chi connectivity index (χ1v) is 3.96. The molecule has 64 valence electrons. The molecular weight excluding hydrogens is 150 g/mol. The zero-order chi connectivity index (χ0) is 9.14. The molecule has 0 aromatic carbocycles. The van der Waals surface area contributed by atoms with Crippen LogP contribution in [0.25, 0.3) is 0 Å². The number of hydrogen-bond acceptors (Lipinski definition) is 2. The molecule has 3 N–H and O–H groups in total. The minimum Gasteiger partial charge on any atom is -0.298 e. The van der Waals surface area contributed by atoms with Gasteiger partial charge >= 0.3 is 0 Å². The smallest absolute Gasteiger partial charge is 0.143 e. The van der Waals surface area contributed by atoms with Gasteiger partial charge in [-0.2, -0.15) is 0 Å². The van der Waals surface area contributed by atoms with Crippen LogP contribution < -0.4 is 5.43 Å². The van der Waals surface area contributed by atoms with E-state index in [0.29, 0.717) is 5.71 Å². The fourth-order valence-corrected chi connectivity index (χ4v) is 1.05. The number of rotatable bonds is 1. The Morgan fingerprint density at radius 3 is 2.42 bits per heavy atom. The van der Waals surface area contributed by atoms with E-state index in [2.05, 4.69) is 5.10 Å². The van der Waals surface area contributed by atoms with E-state index in [1.54, 1.807) is 5.43 Å². The van der Waals surface area contributed by atoms with Crippen molar-refractivity contribution in [2.45, 2.75) is 13.8 Å². The molecule has 0 amide bonds. The van der Waals surface area contributed by atoms with E-state index >= 15 is 0 Å². The number of nitrogens with two attached hydrogens (primary N) is 1. The molecule has 0 radical (unpaired) electrons. The van der Waals surface area contributed by atoms with E-state index < -0.39 is 0 Å². The van der Waals surface area contributed by atoms with Crippen molar-refractivity contribution in [3.8, 4) is 0 Å². The van der Waals surface area contributed by atoms with Crippen molar-refractivity contribution in [2.75, 3.05) is 7.05 Å². The lowest BCUT2D eigenvalue weighted by molar-refractivity contribution is -0.632.